The van der Waals surface area contributed by atoms with Crippen LogP contribution in [0.4, 0.5) is 5.82 Å². The molecule has 0 bridgehead atoms. The standard InChI is InChI=1S/C23H24N6/c1-15-3-2-4-16-10-22(26-13-21(15)16)20-9-17(11-27-23(20)24)18-12-28-29(14-18)19-5-7-25-8-6-19/h2-4,9-14,19,25H,5-8H2,1H3,(H2,24,27). The van der Waals surface area contributed by atoms with Gasteiger partial charge in [-0.2, -0.15) is 5.10 Å². The Morgan fingerprint density at radius 2 is 1.90 bits per heavy atom. The smallest absolute Gasteiger partial charge is 0.132 e. The number of pyridine rings is 2. The Morgan fingerprint density at radius 1 is 1.03 bits per heavy atom. The van der Waals surface area contributed by atoms with Crippen LogP contribution in [0.25, 0.3) is 33.2 Å². The van der Waals surface area contributed by atoms with Crippen molar-refractivity contribution in [3.05, 3.63) is 60.7 Å². The minimum absolute atomic E-state index is 0.455. The van der Waals surface area contributed by atoms with Crippen molar-refractivity contribution < 1.29 is 0 Å². The Hall–Kier alpha value is -3.25. The number of benzene rings is 1. The van der Waals surface area contributed by atoms with Crippen LogP contribution >= 0.6 is 0 Å². The molecule has 0 saturated carbocycles. The molecule has 4 aromatic rings. The Morgan fingerprint density at radius 3 is 2.76 bits per heavy atom. The van der Waals surface area contributed by atoms with E-state index in [4.69, 9.17) is 5.73 Å². The third-order valence-corrected chi connectivity index (χ3v) is 5.79. The molecule has 0 aliphatic carbocycles. The molecular weight excluding hydrogens is 360 g/mol. The Labute approximate surface area is 169 Å². The molecule has 5 rings (SSSR count). The van der Waals surface area contributed by atoms with Crippen LogP contribution < -0.4 is 11.1 Å². The van der Waals surface area contributed by atoms with Gasteiger partial charge in [-0.15, -0.1) is 0 Å². The van der Waals surface area contributed by atoms with Crippen molar-refractivity contribution in [3.63, 3.8) is 0 Å². The van der Waals surface area contributed by atoms with E-state index in [9.17, 15) is 0 Å². The first kappa shape index (κ1) is 17.8. The first-order valence-electron chi connectivity index (χ1n) is 10.1. The topological polar surface area (TPSA) is 81.7 Å². The van der Waals surface area contributed by atoms with E-state index >= 15 is 0 Å². The highest BCUT2D eigenvalue weighted by Gasteiger charge is 2.17. The molecule has 1 saturated heterocycles. The summed E-state index contributed by atoms with van der Waals surface area (Å²) in [5.41, 5.74) is 11.2. The van der Waals surface area contributed by atoms with Crippen molar-refractivity contribution in [2.75, 3.05) is 18.8 Å². The number of nitrogen functional groups attached to an aromatic ring is 1. The van der Waals surface area contributed by atoms with Gasteiger partial charge in [0, 0.05) is 40.7 Å². The predicted molar refractivity (Wildman–Crippen MR) is 116 cm³/mol. The lowest BCUT2D eigenvalue weighted by molar-refractivity contribution is 0.343. The number of hydrogen-bond acceptors (Lipinski definition) is 5. The lowest BCUT2D eigenvalue weighted by Gasteiger charge is -2.22. The number of fused-ring (bicyclic) bond motifs is 1. The molecule has 29 heavy (non-hydrogen) atoms. The average molecular weight is 384 g/mol. The van der Waals surface area contributed by atoms with Crippen molar-refractivity contribution in [2.45, 2.75) is 25.8 Å². The molecule has 0 spiro atoms. The average Bonchev–Trinajstić information content (AvgIpc) is 3.25. The number of aromatic nitrogens is 4. The van der Waals surface area contributed by atoms with E-state index in [2.05, 4.69) is 68.5 Å². The lowest BCUT2D eigenvalue weighted by Crippen LogP contribution is -2.29. The fourth-order valence-electron chi connectivity index (χ4n) is 4.07. The highest BCUT2D eigenvalue weighted by molar-refractivity contribution is 5.89. The van der Waals surface area contributed by atoms with E-state index in [1.54, 1.807) is 0 Å². The molecule has 3 aromatic heterocycles. The number of nitrogens with one attached hydrogen (secondary N) is 1. The summed E-state index contributed by atoms with van der Waals surface area (Å²) in [5, 5.41) is 10.3. The van der Waals surface area contributed by atoms with Gasteiger partial charge in [-0.1, -0.05) is 18.2 Å². The van der Waals surface area contributed by atoms with Crippen LogP contribution in [-0.2, 0) is 0 Å². The van der Waals surface area contributed by atoms with E-state index in [0.717, 1.165) is 59.1 Å². The van der Waals surface area contributed by atoms with Crippen LogP contribution in [-0.4, -0.2) is 32.8 Å². The first-order valence-corrected chi connectivity index (χ1v) is 10.1. The molecule has 1 aliphatic heterocycles. The molecule has 1 aromatic carbocycles. The molecule has 0 amide bonds. The van der Waals surface area contributed by atoms with Crippen molar-refractivity contribution in [2.24, 2.45) is 0 Å². The maximum absolute atomic E-state index is 6.22. The van der Waals surface area contributed by atoms with Gasteiger partial charge in [0.2, 0.25) is 0 Å². The third-order valence-electron chi connectivity index (χ3n) is 5.79. The molecule has 1 fully saturated rings. The molecule has 0 radical (unpaired) electrons. The first-order chi connectivity index (χ1) is 14.2. The zero-order valence-electron chi connectivity index (χ0n) is 16.5. The summed E-state index contributed by atoms with van der Waals surface area (Å²) >= 11 is 0. The second kappa shape index (κ2) is 7.29. The van der Waals surface area contributed by atoms with Gasteiger partial charge < -0.3 is 11.1 Å². The quantitative estimate of drug-likeness (QED) is 0.558. The SMILES string of the molecule is Cc1cccc2cc(-c3cc(-c4cnn(C5CCNCC5)c4)cnc3N)ncc12. The molecule has 0 unspecified atom stereocenters. The van der Waals surface area contributed by atoms with Gasteiger partial charge in [0.15, 0.2) is 0 Å². The van der Waals surface area contributed by atoms with Crippen LogP contribution in [0.5, 0.6) is 0 Å². The van der Waals surface area contributed by atoms with Crippen LogP contribution in [0, 0.1) is 6.92 Å². The minimum atomic E-state index is 0.455. The van der Waals surface area contributed by atoms with Crippen LogP contribution in [0.15, 0.2) is 55.1 Å². The van der Waals surface area contributed by atoms with Crippen molar-refractivity contribution in [3.8, 4) is 22.4 Å². The summed E-state index contributed by atoms with van der Waals surface area (Å²) < 4.78 is 2.09. The fourth-order valence-corrected chi connectivity index (χ4v) is 4.07. The maximum Gasteiger partial charge on any atom is 0.132 e. The van der Waals surface area contributed by atoms with E-state index in [0.29, 0.717) is 11.9 Å². The summed E-state index contributed by atoms with van der Waals surface area (Å²) in [7, 11) is 0. The molecule has 146 valence electrons. The van der Waals surface area contributed by atoms with Crippen LogP contribution in [0.3, 0.4) is 0 Å². The van der Waals surface area contributed by atoms with Gasteiger partial charge in [0.05, 0.1) is 17.9 Å². The van der Waals surface area contributed by atoms with Gasteiger partial charge in [-0.05, 0) is 55.9 Å². The molecule has 4 heterocycles. The van der Waals surface area contributed by atoms with E-state index in [1.807, 2.05) is 18.6 Å². The van der Waals surface area contributed by atoms with Gasteiger partial charge in [0.1, 0.15) is 5.82 Å². The van der Waals surface area contributed by atoms with Crippen molar-refractivity contribution in [1.29, 1.82) is 0 Å². The largest absolute Gasteiger partial charge is 0.383 e. The van der Waals surface area contributed by atoms with E-state index in [-0.39, 0.29) is 0 Å². The molecule has 1 aliphatic rings. The van der Waals surface area contributed by atoms with Gasteiger partial charge >= 0.3 is 0 Å². The Bertz CT molecular complexity index is 1170. The zero-order valence-corrected chi connectivity index (χ0v) is 16.5. The van der Waals surface area contributed by atoms with E-state index < -0.39 is 0 Å². The maximum atomic E-state index is 6.22. The predicted octanol–water partition coefficient (Wildman–Crippen LogP) is 3.98. The monoisotopic (exact) mass is 384 g/mol. The molecule has 6 nitrogen and oxygen atoms in total. The number of rotatable bonds is 3. The number of nitrogens with zero attached hydrogens (tertiary/aromatic N) is 4. The van der Waals surface area contributed by atoms with Gasteiger partial charge in [-0.3, -0.25) is 9.67 Å². The highest BCUT2D eigenvalue weighted by atomic mass is 15.3. The minimum Gasteiger partial charge on any atom is -0.383 e. The third kappa shape index (κ3) is 3.36. The van der Waals surface area contributed by atoms with Crippen molar-refractivity contribution >= 4 is 16.6 Å². The van der Waals surface area contributed by atoms with Gasteiger partial charge in [-0.25, -0.2) is 4.98 Å². The number of nitrogens with two attached hydrogens (primary N) is 1. The highest BCUT2D eigenvalue weighted by Crippen LogP contribution is 2.31. The fraction of sp³-hybridized carbons (Fsp3) is 0.261. The Balaban J connectivity index is 1.52. The lowest BCUT2D eigenvalue weighted by atomic mass is 10.0. The number of piperidine rings is 1. The second-order valence-electron chi connectivity index (χ2n) is 7.71. The summed E-state index contributed by atoms with van der Waals surface area (Å²) in [4.78, 5) is 9.11. The second-order valence-corrected chi connectivity index (χ2v) is 7.71. The Kier molecular flexibility index (Phi) is 4.48. The summed E-state index contributed by atoms with van der Waals surface area (Å²) in [6, 6.07) is 10.9. The molecule has 0 atom stereocenters. The molecule has 6 heteroatoms. The number of hydrogen-bond donors (Lipinski definition) is 2. The molecule has 3 N–H and O–H groups in total. The normalized spacial score (nSPS) is 15.1. The van der Waals surface area contributed by atoms with Crippen LogP contribution in [0.1, 0.15) is 24.4 Å². The van der Waals surface area contributed by atoms with Gasteiger partial charge in [0.25, 0.3) is 0 Å². The summed E-state index contributed by atoms with van der Waals surface area (Å²) in [6.07, 6.45) is 9.97. The zero-order chi connectivity index (χ0) is 19.8. The number of aryl methyl sites for hydroxylation is 1. The van der Waals surface area contributed by atoms with Crippen LogP contribution in [0.2, 0.25) is 0 Å². The van der Waals surface area contributed by atoms with Crippen molar-refractivity contribution in [1.82, 2.24) is 25.1 Å². The molecular formula is C23H24N6. The summed E-state index contributed by atoms with van der Waals surface area (Å²) in [6.45, 7) is 4.18. The van der Waals surface area contributed by atoms with E-state index in [1.165, 1.54) is 5.56 Å². The summed E-state index contributed by atoms with van der Waals surface area (Å²) in [5.74, 6) is 0.485. The number of anilines is 1.